The lowest BCUT2D eigenvalue weighted by molar-refractivity contribution is 0.332. The van der Waals surface area contributed by atoms with Gasteiger partial charge in [0, 0.05) is 33.4 Å². The zero-order valence-electron chi connectivity index (χ0n) is 14.9. The fraction of sp³-hybridized carbons (Fsp3) is 0.778. The highest BCUT2D eigenvalue weighted by molar-refractivity contribution is 5.79. The molecule has 2 rings (SSSR count). The van der Waals surface area contributed by atoms with Crippen molar-refractivity contribution in [1.29, 1.82) is 0 Å². The van der Waals surface area contributed by atoms with Gasteiger partial charge < -0.3 is 10.6 Å². The van der Waals surface area contributed by atoms with Crippen LogP contribution in [0.2, 0.25) is 0 Å². The van der Waals surface area contributed by atoms with E-state index in [4.69, 9.17) is 0 Å². The van der Waals surface area contributed by atoms with Crippen LogP contribution in [-0.2, 0) is 13.5 Å². The molecule has 0 aliphatic heterocycles. The molecule has 1 aromatic heterocycles. The van der Waals surface area contributed by atoms with Gasteiger partial charge in [0.25, 0.3) is 0 Å². The van der Waals surface area contributed by atoms with Gasteiger partial charge in [-0.15, -0.1) is 0 Å². The lowest BCUT2D eigenvalue weighted by Gasteiger charge is -2.21. The van der Waals surface area contributed by atoms with Crippen LogP contribution in [0.5, 0.6) is 0 Å². The Balaban J connectivity index is 1.51. The fourth-order valence-corrected chi connectivity index (χ4v) is 3.39. The number of rotatable bonds is 8. The van der Waals surface area contributed by atoms with Gasteiger partial charge in [-0.05, 0) is 37.2 Å². The zero-order valence-corrected chi connectivity index (χ0v) is 14.9. The molecule has 1 aliphatic rings. The van der Waals surface area contributed by atoms with Gasteiger partial charge in [-0.1, -0.05) is 32.1 Å². The molecule has 5 nitrogen and oxygen atoms in total. The van der Waals surface area contributed by atoms with Gasteiger partial charge in [-0.25, -0.2) is 0 Å². The smallest absolute Gasteiger partial charge is 0.190 e. The molecule has 0 spiro atoms. The minimum absolute atomic E-state index is 0.930. The number of aryl methyl sites for hydroxylation is 2. The van der Waals surface area contributed by atoms with Crippen LogP contribution < -0.4 is 10.6 Å². The topological polar surface area (TPSA) is 54.2 Å². The number of guanidine groups is 1. The lowest BCUT2D eigenvalue weighted by atomic mass is 9.86. The average molecular weight is 319 g/mol. The molecule has 130 valence electrons. The van der Waals surface area contributed by atoms with Crippen LogP contribution in [0.15, 0.2) is 17.4 Å². The SMILES string of the molecule is CN=C(NCCCc1cnn(C)c1)NCCCC1CCCCC1. The Bertz CT molecular complexity index is 460. The molecule has 0 amide bonds. The van der Waals surface area contributed by atoms with E-state index in [0.29, 0.717) is 0 Å². The second kappa shape index (κ2) is 10.3. The zero-order chi connectivity index (χ0) is 16.3. The van der Waals surface area contributed by atoms with Gasteiger partial charge >= 0.3 is 0 Å². The van der Waals surface area contributed by atoms with Crippen molar-refractivity contribution in [1.82, 2.24) is 20.4 Å². The van der Waals surface area contributed by atoms with Crippen LogP contribution in [0.25, 0.3) is 0 Å². The summed E-state index contributed by atoms with van der Waals surface area (Å²) in [5.74, 6) is 1.90. The number of nitrogens with zero attached hydrogens (tertiary/aromatic N) is 3. The number of aliphatic imine (C=N–C) groups is 1. The number of aromatic nitrogens is 2. The maximum absolute atomic E-state index is 4.30. The van der Waals surface area contributed by atoms with Crippen molar-refractivity contribution in [3.8, 4) is 0 Å². The molecule has 1 heterocycles. The van der Waals surface area contributed by atoms with Crippen molar-refractivity contribution >= 4 is 5.96 Å². The maximum Gasteiger partial charge on any atom is 0.190 e. The summed E-state index contributed by atoms with van der Waals surface area (Å²) in [6, 6.07) is 0. The third-order valence-corrected chi connectivity index (χ3v) is 4.72. The third kappa shape index (κ3) is 7.06. The van der Waals surface area contributed by atoms with Crippen molar-refractivity contribution in [2.24, 2.45) is 18.0 Å². The molecule has 0 atom stereocenters. The molecule has 0 bridgehead atoms. The largest absolute Gasteiger partial charge is 0.356 e. The second-order valence-corrected chi connectivity index (χ2v) is 6.70. The average Bonchev–Trinajstić information content (AvgIpc) is 2.99. The van der Waals surface area contributed by atoms with Crippen LogP contribution in [0.1, 0.15) is 56.9 Å². The fourth-order valence-electron chi connectivity index (χ4n) is 3.39. The molecule has 2 N–H and O–H groups in total. The first-order valence-corrected chi connectivity index (χ1v) is 9.20. The van der Waals surface area contributed by atoms with Crippen molar-refractivity contribution in [2.75, 3.05) is 20.1 Å². The standard InChI is InChI=1S/C18H33N5/c1-19-18(20-12-6-10-16-8-4-3-5-9-16)21-13-7-11-17-14-22-23(2)15-17/h14-16H,3-13H2,1-2H3,(H2,19,20,21). The van der Waals surface area contributed by atoms with E-state index in [1.54, 1.807) is 0 Å². The highest BCUT2D eigenvalue weighted by atomic mass is 15.2. The van der Waals surface area contributed by atoms with E-state index in [1.165, 1.54) is 50.5 Å². The lowest BCUT2D eigenvalue weighted by Crippen LogP contribution is -2.38. The van der Waals surface area contributed by atoms with E-state index < -0.39 is 0 Å². The summed E-state index contributed by atoms with van der Waals surface area (Å²) >= 11 is 0. The van der Waals surface area contributed by atoms with Gasteiger partial charge in [0.1, 0.15) is 0 Å². The van der Waals surface area contributed by atoms with Crippen molar-refractivity contribution in [3.63, 3.8) is 0 Å². The van der Waals surface area contributed by atoms with E-state index in [9.17, 15) is 0 Å². The Morgan fingerprint density at radius 1 is 1.22 bits per heavy atom. The van der Waals surface area contributed by atoms with Crippen LogP contribution >= 0.6 is 0 Å². The molecule has 5 heteroatoms. The van der Waals surface area contributed by atoms with E-state index in [-0.39, 0.29) is 0 Å². The van der Waals surface area contributed by atoms with E-state index in [1.807, 2.05) is 25.0 Å². The monoisotopic (exact) mass is 319 g/mol. The van der Waals surface area contributed by atoms with Gasteiger partial charge in [-0.2, -0.15) is 5.10 Å². The number of hydrogen-bond donors (Lipinski definition) is 2. The van der Waals surface area contributed by atoms with E-state index in [0.717, 1.165) is 37.8 Å². The highest BCUT2D eigenvalue weighted by Gasteiger charge is 2.12. The van der Waals surface area contributed by atoms with Crippen molar-refractivity contribution in [3.05, 3.63) is 18.0 Å². The van der Waals surface area contributed by atoms with Crippen molar-refractivity contribution < 1.29 is 0 Å². The Hall–Kier alpha value is -1.52. The predicted molar refractivity (Wildman–Crippen MR) is 96.7 cm³/mol. The van der Waals surface area contributed by atoms with E-state index in [2.05, 4.69) is 26.9 Å². The van der Waals surface area contributed by atoms with Gasteiger partial charge in [0.05, 0.1) is 6.20 Å². The summed E-state index contributed by atoms with van der Waals surface area (Å²) in [6.07, 6.45) is 16.0. The van der Waals surface area contributed by atoms with Crippen LogP contribution in [0, 0.1) is 5.92 Å². The summed E-state index contributed by atoms with van der Waals surface area (Å²) < 4.78 is 1.86. The summed E-state index contributed by atoms with van der Waals surface area (Å²) in [7, 11) is 3.80. The Morgan fingerprint density at radius 3 is 2.61 bits per heavy atom. The molecule has 0 radical (unpaired) electrons. The van der Waals surface area contributed by atoms with Crippen LogP contribution in [0.3, 0.4) is 0 Å². The summed E-state index contributed by atoms with van der Waals surface area (Å²) in [4.78, 5) is 4.30. The maximum atomic E-state index is 4.30. The molecule has 0 aromatic carbocycles. The Labute approximate surface area is 141 Å². The summed E-state index contributed by atoms with van der Waals surface area (Å²) in [5, 5.41) is 11.0. The van der Waals surface area contributed by atoms with Gasteiger partial charge in [0.2, 0.25) is 0 Å². The Kier molecular flexibility index (Phi) is 7.98. The highest BCUT2D eigenvalue weighted by Crippen LogP contribution is 2.26. The normalized spacial score (nSPS) is 16.5. The third-order valence-electron chi connectivity index (χ3n) is 4.72. The molecule has 1 saturated carbocycles. The second-order valence-electron chi connectivity index (χ2n) is 6.70. The van der Waals surface area contributed by atoms with E-state index >= 15 is 0 Å². The number of nitrogens with one attached hydrogen (secondary N) is 2. The molecule has 0 saturated heterocycles. The first-order chi connectivity index (χ1) is 11.3. The first-order valence-electron chi connectivity index (χ1n) is 9.20. The predicted octanol–water partition coefficient (Wildman–Crippen LogP) is 2.88. The molecule has 1 aromatic rings. The van der Waals surface area contributed by atoms with Crippen LogP contribution in [-0.4, -0.2) is 35.9 Å². The minimum Gasteiger partial charge on any atom is -0.356 e. The quantitative estimate of drug-likeness (QED) is 0.440. The molecule has 0 unspecified atom stereocenters. The molecular formula is C18H33N5. The van der Waals surface area contributed by atoms with Crippen LogP contribution in [0.4, 0.5) is 0 Å². The summed E-state index contributed by atoms with van der Waals surface area (Å²) in [6.45, 7) is 1.97. The molecule has 23 heavy (non-hydrogen) atoms. The summed E-state index contributed by atoms with van der Waals surface area (Å²) in [5.41, 5.74) is 1.30. The van der Waals surface area contributed by atoms with Gasteiger partial charge in [-0.3, -0.25) is 9.67 Å². The molecular weight excluding hydrogens is 286 g/mol. The van der Waals surface area contributed by atoms with Crippen molar-refractivity contribution in [2.45, 2.75) is 57.8 Å². The minimum atomic E-state index is 0.930. The Morgan fingerprint density at radius 2 is 1.96 bits per heavy atom. The molecule has 1 aliphatic carbocycles. The molecule has 1 fully saturated rings. The first kappa shape index (κ1) is 17.8. The van der Waals surface area contributed by atoms with Gasteiger partial charge in [0.15, 0.2) is 5.96 Å². The number of hydrogen-bond acceptors (Lipinski definition) is 2.